The molecule has 0 unspecified atom stereocenters. The van der Waals surface area contributed by atoms with Gasteiger partial charge < -0.3 is 5.32 Å². The van der Waals surface area contributed by atoms with Gasteiger partial charge in [-0.15, -0.1) is 11.3 Å². The second-order valence-electron chi connectivity index (χ2n) is 5.03. The van der Waals surface area contributed by atoms with E-state index in [1.165, 1.54) is 16.0 Å². The fourth-order valence-corrected chi connectivity index (χ4v) is 3.58. The van der Waals surface area contributed by atoms with Gasteiger partial charge in [0.2, 0.25) is 0 Å². The number of rotatable bonds is 2. The molecule has 2 aromatic heterocycles. The van der Waals surface area contributed by atoms with E-state index in [9.17, 15) is 4.79 Å². The molecule has 1 aliphatic rings. The van der Waals surface area contributed by atoms with Crippen molar-refractivity contribution in [1.29, 1.82) is 0 Å². The summed E-state index contributed by atoms with van der Waals surface area (Å²) in [4.78, 5) is 12.9. The van der Waals surface area contributed by atoms with Crippen molar-refractivity contribution in [3.05, 3.63) is 52.4 Å². The van der Waals surface area contributed by atoms with Crippen molar-refractivity contribution in [2.75, 3.05) is 7.05 Å². The zero-order valence-electron chi connectivity index (χ0n) is 11.4. The van der Waals surface area contributed by atoms with Gasteiger partial charge in [0.15, 0.2) is 0 Å². The highest BCUT2D eigenvalue weighted by Gasteiger charge is 2.26. The summed E-state index contributed by atoms with van der Waals surface area (Å²) >= 11 is 1.70. The van der Waals surface area contributed by atoms with Crippen LogP contribution in [0.4, 0.5) is 0 Å². The number of hydrogen-bond acceptors (Lipinski definition) is 3. The van der Waals surface area contributed by atoms with Crippen LogP contribution in [-0.2, 0) is 6.42 Å². The molecule has 0 saturated heterocycles. The maximum Gasteiger partial charge on any atom is 0.251 e. The highest BCUT2D eigenvalue weighted by atomic mass is 32.1. The minimum absolute atomic E-state index is 0.0533. The number of thiophene rings is 1. The van der Waals surface area contributed by atoms with Gasteiger partial charge in [-0.3, -0.25) is 9.89 Å². The number of aromatic amines is 1. The number of carbonyl (C=O) groups is 1. The molecule has 1 aromatic carbocycles. The predicted molar refractivity (Wildman–Crippen MR) is 83.5 cm³/mol. The van der Waals surface area contributed by atoms with E-state index in [1.807, 2.05) is 24.3 Å². The van der Waals surface area contributed by atoms with E-state index in [1.54, 1.807) is 18.4 Å². The van der Waals surface area contributed by atoms with Gasteiger partial charge in [0.05, 0.1) is 16.3 Å². The monoisotopic (exact) mass is 295 g/mol. The van der Waals surface area contributed by atoms with E-state index < -0.39 is 0 Å². The van der Waals surface area contributed by atoms with Crippen LogP contribution < -0.4 is 5.32 Å². The molecule has 0 fully saturated rings. The number of nitrogens with one attached hydrogen (secondary N) is 2. The van der Waals surface area contributed by atoms with Crippen molar-refractivity contribution in [2.45, 2.75) is 6.42 Å². The van der Waals surface area contributed by atoms with Gasteiger partial charge in [-0.05, 0) is 29.1 Å². The summed E-state index contributed by atoms with van der Waals surface area (Å²) in [5.41, 5.74) is 6.32. The molecule has 3 aromatic rings. The second kappa shape index (κ2) is 4.56. The van der Waals surface area contributed by atoms with E-state index >= 15 is 0 Å². The molecule has 0 saturated carbocycles. The molecule has 1 amide bonds. The van der Waals surface area contributed by atoms with Crippen LogP contribution in [0.25, 0.3) is 21.8 Å². The summed E-state index contributed by atoms with van der Waals surface area (Å²) in [5, 5.41) is 12.3. The predicted octanol–water partition coefficient (Wildman–Crippen LogP) is 3.07. The lowest BCUT2D eigenvalue weighted by molar-refractivity contribution is 0.0963. The first-order valence-corrected chi connectivity index (χ1v) is 7.62. The summed E-state index contributed by atoms with van der Waals surface area (Å²) < 4.78 is 0. The minimum Gasteiger partial charge on any atom is -0.355 e. The van der Waals surface area contributed by atoms with Gasteiger partial charge in [0.1, 0.15) is 0 Å². The number of nitrogens with zero attached hydrogens (tertiary/aromatic N) is 1. The Bertz CT molecular complexity index is 833. The zero-order chi connectivity index (χ0) is 14.4. The van der Waals surface area contributed by atoms with Crippen molar-refractivity contribution < 1.29 is 4.79 Å². The summed E-state index contributed by atoms with van der Waals surface area (Å²) in [7, 11) is 1.65. The first kappa shape index (κ1) is 12.3. The number of carbonyl (C=O) groups excluding carboxylic acids is 1. The van der Waals surface area contributed by atoms with Crippen molar-refractivity contribution in [1.82, 2.24) is 15.5 Å². The quantitative estimate of drug-likeness (QED) is 0.597. The third kappa shape index (κ3) is 1.81. The fourth-order valence-electron chi connectivity index (χ4n) is 2.83. The largest absolute Gasteiger partial charge is 0.355 e. The van der Waals surface area contributed by atoms with Crippen LogP contribution in [-0.4, -0.2) is 23.2 Å². The van der Waals surface area contributed by atoms with Crippen LogP contribution in [0.2, 0.25) is 0 Å². The van der Waals surface area contributed by atoms with Crippen molar-refractivity contribution in [3.63, 3.8) is 0 Å². The molecule has 104 valence electrons. The van der Waals surface area contributed by atoms with Crippen LogP contribution >= 0.6 is 11.3 Å². The maximum absolute atomic E-state index is 11.7. The SMILES string of the molecule is CNC(=O)c1ccc2c(c1)Cc1c-2n[nH]c1-c1cccs1. The van der Waals surface area contributed by atoms with Gasteiger partial charge in [-0.2, -0.15) is 5.10 Å². The van der Waals surface area contributed by atoms with Gasteiger partial charge in [0, 0.05) is 30.2 Å². The number of benzene rings is 1. The lowest BCUT2D eigenvalue weighted by atomic mass is 10.1. The number of fused-ring (bicyclic) bond motifs is 3. The van der Waals surface area contributed by atoms with Crippen molar-refractivity contribution >= 4 is 17.2 Å². The van der Waals surface area contributed by atoms with Crippen molar-refractivity contribution in [3.8, 4) is 21.8 Å². The molecule has 4 rings (SSSR count). The van der Waals surface area contributed by atoms with E-state index in [4.69, 9.17) is 0 Å². The Balaban J connectivity index is 1.79. The Morgan fingerprint density at radius 1 is 1.38 bits per heavy atom. The Kier molecular flexibility index (Phi) is 2.68. The van der Waals surface area contributed by atoms with Gasteiger partial charge in [0.25, 0.3) is 5.91 Å². The van der Waals surface area contributed by atoms with E-state index in [2.05, 4.69) is 27.0 Å². The smallest absolute Gasteiger partial charge is 0.251 e. The number of amides is 1. The Morgan fingerprint density at radius 3 is 3.05 bits per heavy atom. The molecule has 21 heavy (non-hydrogen) atoms. The molecule has 4 nitrogen and oxygen atoms in total. The summed E-state index contributed by atoms with van der Waals surface area (Å²) in [6.07, 6.45) is 0.819. The Hall–Kier alpha value is -2.40. The number of hydrogen-bond donors (Lipinski definition) is 2. The zero-order valence-corrected chi connectivity index (χ0v) is 12.3. The molecule has 5 heteroatoms. The molecule has 1 aliphatic carbocycles. The molecular weight excluding hydrogens is 282 g/mol. The van der Waals surface area contributed by atoms with Gasteiger partial charge >= 0.3 is 0 Å². The van der Waals surface area contributed by atoms with Crippen molar-refractivity contribution in [2.24, 2.45) is 0 Å². The summed E-state index contributed by atoms with van der Waals surface area (Å²) in [5.74, 6) is -0.0533. The third-order valence-electron chi connectivity index (χ3n) is 3.85. The summed E-state index contributed by atoms with van der Waals surface area (Å²) in [6, 6.07) is 9.95. The molecule has 0 spiro atoms. The molecule has 0 atom stereocenters. The third-order valence-corrected chi connectivity index (χ3v) is 4.74. The number of aromatic nitrogens is 2. The molecule has 0 bridgehead atoms. The fraction of sp³-hybridized carbons (Fsp3) is 0.125. The van der Waals surface area contributed by atoms with Crippen LogP contribution in [0.3, 0.4) is 0 Å². The molecule has 2 N–H and O–H groups in total. The molecule has 2 heterocycles. The highest BCUT2D eigenvalue weighted by Crippen LogP contribution is 2.41. The normalized spacial score (nSPS) is 12.0. The molecule has 0 radical (unpaired) electrons. The van der Waals surface area contributed by atoms with Crippen LogP contribution in [0, 0.1) is 0 Å². The first-order chi connectivity index (χ1) is 10.3. The van der Waals surface area contributed by atoms with Crippen LogP contribution in [0.15, 0.2) is 35.7 Å². The average Bonchev–Trinajstić information content (AvgIpc) is 3.20. The minimum atomic E-state index is -0.0533. The highest BCUT2D eigenvalue weighted by molar-refractivity contribution is 7.13. The topological polar surface area (TPSA) is 57.8 Å². The summed E-state index contributed by atoms with van der Waals surface area (Å²) in [6.45, 7) is 0. The molecule has 0 aliphatic heterocycles. The van der Waals surface area contributed by atoms with Gasteiger partial charge in [-0.25, -0.2) is 0 Å². The average molecular weight is 295 g/mol. The van der Waals surface area contributed by atoms with Crippen LogP contribution in [0.5, 0.6) is 0 Å². The maximum atomic E-state index is 11.7. The van der Waals surface area contributed by atoms with E-state index in [-0.39, 0.29) is 5.91 Å². The lowest BCUT2D eigenvalue weighted by Crippen LogP contribution is -2.17. The van der Waals surface area contributed by atoms with E-state index in [0.29, 0.717) is 5.56 Å². The Labute approximate surface area is 125 Å². The van der Waals surface area contributed by atoms with Crippen LogP contribution in [0.1, 0.15) is 21.5 Å². The standard InChI is InChI=1S/C16H13N3OS/c1-17-16(20)9-4-5-11-10(7-9)8-12-14(11)18-19-15(12)13-3-2-6-21-13/h2-7H,8H2,1H3,(H,17,20)(H,18,19). The van der Waals surface area contributed by atoms with E-state index in [0.717, 1.165) is 23.4 Å². The number of H-pyrrole nitrogens is 1. The first-order valence-electron chi connectivity index (χ1n) is 6.74. The second-order valence-corrected chi connectivity index (χ2v) is 5.98. The lowest BCUT2D eigenvalue weighted by Gasteiger charge is -2.03. The Morgan fingerprint density at radius 2 is 2.29 bits per heavy atom. The van der Waals surface area contributed by atoms with Gasteiger partial charge in [-0.1, -0.05) is 12.1 Å². The molecular formula is C16H13N3OS.